The molecule has 0 radical (unpaired) electrons. The molecule has 0 saturated carbocycles. The summed E-state index contributed by atoms with van der Waals surface area (Å²) in [6, 6.07) is 4.38. The molecule has 3 heterocycles. The molecule has 0 amide bonds. The molecule has 1 unspecified atom stereocenters. The van der Waals surface area contributed by atoms with E-state index in [0.717, 1.165) is 60.8 Å². The first-order valence-corrected chi connectivity index (χ1v) is 10.2. The highest BCUT2D eigenvalue weighted by Crippen LogP contribution is 2.26. The number of nitrogens with zero attached hydrogens (tertiary/aromatic N) is 3. The molecule has 1 saturated heterocycles. The van der Waals surface area contributed by atoms with Gasteiger partial charge in [-0.1, -0.05) is 0 Å². The van der Waals surface area contributed by atoms with Crippen molar-refractivity contribution < 1.29 is 4.42 Å². The van der Waals surface area contributed by atoms with Crippen molar-refractivity contribution in [3.8, 4) is 0 Å². The first-order chi connectivity index (χ1) is 12.7. The zero-order valence-electron chi connectivity index (χ0n) is 16.3. The lowest BCUT2D eigenvalue weighted by Gasteiger charge is -2.26. The van der Waals surface area contributed by atoms with E-state index in [-0.39, 0.29) is 30.0 Å². The van der Waals surface area contributed by atoms with Crippen molar-refractivity contribution in [3.63, 3.8) is 0 Å². The summed E-state index contributed by atoms with van der Waals surface area (Å²) in [7, 11) is 1.81. The van der Waals surface area contributed by atoms with E-state index in [4.69, 9.17) is 4.42 Å². The molecule has 1 atom stereocenters. The summed E-state index contributed by atoms with van der Waals surface area (Å²) in [5.41, 5.74) is 1.14. The van der Waals surface area contributed by atoms with Crippen LogP contribution in [0.25, 0.3) is 0 Å². The summed E-state index contributed by atoms with van der Waals surface area (Å²) in [5, 5.41) is 10.1. The quantitative estimate of drug-likeness (QED) is 0.344. The van der Waals surface area contributed by atoms with Gasteiger partial charge >= 0.3 is 0 Å². The van der Waals surface area contributed by atoms with Crippen LogP contribution in [-0.4, -0.2) is 49.1 Å². The lowest BCUT2D eigenvalue weighted by Crippen LogP contribution is -2.43. The number of rotatable bonds is 7. The fourth-order valence-corrected chi connectivity index (χ4v) is 3.99. The van der Waals surface area contributed by atoms with E-state index in [2.05, 4.69) is 37.0 Å². The topological polar surface area (TPSA) is 65.7 Å². The molecular weight excluding hydrogens is 473 g/mol. The smallest absolute Gasteiger partial charge is 0.191 e. The number of aromatic nitrogens is 1. The number of halogens is 1. The second-order valence-electron chi connectivity index (χ2n) is 6.70. The Morgan fingerprint density at radius 2 is 2.07 bits per heavy atom. The van der Waals surface area contributed by atoms with E-state index in [1.54, 1.807) is 11.3 Å². The van der Waals surface area contributed by atoms with Gasteiger partial charge in [0.05, 0.1) is 16.7 Å². The molecule has 6 nitrogen and oxygen atoms in total. The van der Waals surface area contributed by atoms with Crippen LogP contribution in [-0.2, 0) is 6.42 Å². The van der Waals surface area contributed by atoms with Gasteiger partial charge in [-0.05, 0) is 51.9 Å². The highest BCUT2D eigenvalue weighted by molar-refractivity contribution is 14.0. The van der Waals surface area contributed by atoms with Crippen LogP contribution in [0, 0.1) is 13.8 Å². The van der Waals surface area contributed by atoms with Gasteiger partial charge in [-0.2, -0.15) is 0 Å². The molecule has 0 aliphatic carbocycles. The molecule has 1 aliphatic rings. The molecule has 27 heavy (non-hydrogen) atoms. The SMILES string of the molecule is CN=C(NCCc1csc(C)n1)NCC(c1ccc(C)o1)N1CCCC1.I. The third kappa shape index (κ3) is 6.46. The maximum absolute atomic E-state index is 5.92. The van der Waals surface area contributed by atoms with Crippen molar-refractivity contribution in [1.82, 2.24) is 20.5 Å². The van der Waals surface area contributed by atoms with Gasteiger partial charge in [0.15, 0.2) is 5.96 Å². The Balaban J connectivity index is 0.00000261. The van der Waals surface area contributed by atoms with Crippen LogP contribution in [0.2, 0.25) is 0 Å². The number of likely N-dealkylation sites (tertiary alicyclic amines) is 1. The molecule has 3 rings (SSSR count). The lowest BCUT2D eigenvalue weighted by atomic mass is 10.2. The van der Waals surface area contributed by atoms with Gasteiger partial charge in [-0.15, -0.1) is 35.3 Å². The average Bonchev–Trinajstić information content (AvgIpc) is 3.37. The molecule has 0 aromatic carbocycles. The van der Waals surface area contributed by atoms with Crippen molar-refractivity contribution in [2.24, 2.45) is 4.99 Å². The number of nitrogens with one attached hydrogen (secondary N) is 2. The third-order valence-electron chi connectivity index (χ3n) is 4.70. The highest BCUT2D eigenvalue weighted by atomic mass is 127. The van der Waals surface area contributed by atoms with Gasteiger partial charge in [-0.25, -0.2) is 4.98 Å². The first kappa shape index (κ1) is 22.2. The van der Waals surface area contributed by atoms with Crippen molar-refractivity contribution in [2.75, 3.05) is 33.2 Å². The molecule has 2 aromatic heterocycles. The number of guanidine groups is 1. The Morgan fingerprint density at radius 1 is 1.30 bits per heavy atom. The number of thiazole rings is 1. The molecule has 0 spiro atoms. The van der Waals surface area contributed by atoms with Crippen LogP contribution in [0.15, 0.2) is 26.9 Å². The fraction of sp³-hybridized carbons (Fsp3) is 0.579. The van der Waals surface area contributed by atoms with E-state index >= 15 is 0 Å². The van der Waals surface area contributed by atoms with Crippen molar-refractivity contribution in [3.05, 3.63) is 39.7 Å². The summed E-state index contributed by atoms with van der Waals surface area (Å²) in [5.74, 6) is 2.82. The number of hydrogen-bond donors (Lipinski definition) is 2. The minimum atomic E-state index is 0. The van der Waals surface area contributed by atoms with E-state index in [1.165, 1.54) is 12.8 Å². The van der Waals surface area contributed by atoms with Gasteiger partial charge in [0.1, 0.15) is 11.5 Å². The summed E-state index contributed by atoms with van der Waals surface area (Å²) in [4.78, 5) is 11.3. The Bertz CT molecular complexity index is 723. The highest BCUT2D eigenvalue weighted by Gasteiger charge is 2.26. The summed E-state index contributed by atoms with van der Waals surface area (Å²) >= 11 is 1.70. The maximum Gasteiger partial charge on any atom is 0.191 e. The molecule has 8 heteroatoms. The van der Waals surface area contributed by atoms with Crippen molar-refractivity contribution in [1.29, 1.82) is 0 Å². The second-order valence-corrected chi connectivity index (χ2v) is 7.76. The minimum absolute atomic E-state index is 0. The maximum atomic E-state index is 5.92. The fourth-order valence-electron chi connectivity index (χ4n) is 3.34. The lowest BCUT2D eigenvalue weighted by molar-refractivity contribution is 0.213. The van der Waals surface area contributed by atoms with E-state index < -0.39 is 0 Å². The Labute approximate surface area is 182 Å². The monoisotopic (exact) mass is 503 g/mol. The largest absolute Gasteiger partial charge is 0.465 e. The number of aryl methyl sites for hydroxylation is 2. The predicted molar refractivity (Wildman–Crippen MR) is 122 cm³/mol. The predicted octanol–water partition coefficient (Wildman–Crippen LogP) is 3.52. The Morgan fingerprint density at radius 3 is 2.67 bits per heavy atom. The van der Waals surface area contributed by atoms with Crippen LogP contribution in [0.1, 0.15) is 41.1 Å². The molecule has 2 aromatic rings. The molecule has 0 bridgehead atoms. The average molecular weight is 503 g/mol. The van der Waals surface area contributed by atoms with Crippen LogP contribution in [0.5, 0.6) is 0 Å². The number of furan rings is 1. The molecule has 150 valence electrons. The molecule has 1 fully saturated rings. The van der Waals surface area contributed by atoms with E-state index in [9.17, 15) is 0 Å². The van der Waals surface area contributed by atoms with Crippen molar-refractivity contribution in [2.45, 2.75) is 39.2 Å². The summed E-state index contributed by atoms with van der Waals surface area (Å²) < 4.78 is 5.92. The van der Waals surface area contributed by atoms with E-state index in [1.807, 2.05) is 27.0 Å². The summed E-state index contributed by atoms with van der Waals surface area (Å²) in [6.45, 7) is 7.89. The van der Waals surface area contributed by atoms with Crippen LogP contribution >= 0.6 is 35.3 Å². The Hall–Kier alpha value is -1.13. The summed E-state index contributed by atoms with van der Waals surface area (Å²) in [6.07, 6.45) is 3.42. The van der Waals surface area contributed by atoms with E-state index in [0.29, 0.717) is 0 Å². The van der Waals surface area contributed by atoms with Gasteiger partial charge < -0.3 is 15.1 Å². The molecule has 1 aliphatic heterocycles. The van der Waals surface area contributed by atoms with Gasteiger partial charge in [0, 0.05) is 31.9 Å². The van der Waals surface area contributed by atoms with Gasteiger partial charge in [0.25, 0.3) is 0 Å². The minimum Gasteiger partial charge on any atom is -0.465 e. The van der Waals surface area contributed by atoms with Crippen molar-refractivity contribution >= 4 is 41.3 Å². The molecular formula is C19H30IN5OS. The third-order valence-corrected chi connectivity index (χ3v) is 5.52. The number of aliphatic imine (C=N–C) groups is 1. The van der Waals surface area contributed by atoms with Crippen LogP contribution < -0.4 is 10.6 Å². The second kappa shape index (κ2) is 11.0. The zero-order chi connectivity index (χ0) is 18.4. The molecule has 2 N–H and O–H groups in total. The normalized spacial score (nSPS) is 16.2. The first-order valence-electron chi connectivity index (χ1n) is 9.31. The van der Waals surface area contributed by atoms with Crippen LogP contribution in [0.3, 0.4) is 0 Å². The Kier molecular flexibility index (Phi) is 9.04. The van der Waals surface area contributed by atoms with Gasteiger partial charge in [-0.3, -0.25) is 9.89 Å². The van der Waals surface area contributed by atoms with Gasteiger partial charge in [0.2, 0.25) is 0 Å². The standard InChI is InChI=1S/C19H29N5OS.HI/c1-14-6-7-18(25-14)17(24-10-4-5-11-24)12-22-19(20-3)21-9-8-16-13-26-15(2)23-16;/h6-7,13,17H,4-5,8-12H2,1-3H3,(H2,20,21,22);1H. The zero-order valence-corrected chi connectivity index (χ0v) is 19.5. The number of hydrogen-bond acceptors (Lipinski definition) is 5. The van der Waals surface area contributed by atoms with Crippen LogP contribution in [0.4, 0.5) is 0 Å².